The van der Waals surface area contributed by atoms with E-state index in [0.717, 1.165) is 21.8 Å². The Bertz CT molecular complexity index is 1070. The molecule has 0 N–H and O–H groups in total. The maximum Gasteiger partial charge on any atom is 0.259 e. The van der Waals surface area contributed by atoms with Crippen LogP contribution in [0.4, 0.5) is 0 Å². The quantitative estimate of drug-likeness (QED) is 0.566. The zero-order valence-electron chi connectivity index (χ0n) is 13.5. The van der Waals surface area contributed by atoms with Crippen LogP contribution in [-0.4, -0.2) is 21.7 Å². The molecule has 0 fully saturated rings. The average Bonchev–Trinajstić information content (AvgIpc) is 3.06. The van der Waals surface area contributed by atoms with Crippen molar-refractivity contribution in [2.45, 2.75) is 6.42 Å². The lowest BCUT2D eigenvalue weighted by atomic mass is 10.1. The van der Waals surface area contributed by atoms with Crippen LogP contribution in [0.15, 0.2) is 65.5 Å². The molecule has 4 aromatic rings. The van der Waals surface area contributed by atoms with Gasteiger partial charge in [-0.05, 0) is 35.4 Å². The number of benzene rings is 2. The van der Waals surface area contributed by atoms with Crippen LogP contribution < -0.4 is 10.3 Å². The molecular weight excluding hydrogens is 334 g/mol. The summed E-state index contributed by atoms with van der Waals surface area (Å²) in [6.45, 7) is 0. The number of methoxy groups -OCH3 is 1. The largest absolute Gasteiger partial charge is 0.497 e. The Labute approximate surface area is 148 Å². The molecule has 0 saturated carbocycles. The summed E-state index contributed by atoms with van der Waals surface area (Å²) in [6.07, 6.45) is 0.575. The number of hydrogen-bond acceptors (Lipinski definition) is 5. The van der Waals surface area contributed by atoms with Gasteiger partial charge in [0.1, 0.15) is 11.6 Å². The highest BCUT2D eigenvalue weighted by Crippen LogP contribution is 2.26. The van der Waals surface area contributed by atoms with E-state index >= 15 is 0 Å². The summed E-state index contributed by atoms with van der Waals surface area (Å²) in [5.41, 5.74) is 1.94. The molecule has 2 heterocycles. The fourth-order valence-corrected chi connectivity index (χ4v) is 3.66. The van der Waals surface area contributed by atoms with Crippen LogP contribution in [0, 0.1) is 0 Å². The third kappa shape index (κ3) is 3.04. The van der Waals surface area contributed by atoms with E-state index in [-0.39, 0.29) is 5.56 Å². The summed E-state index contributed by atoms with van der Waals surface area (Å²) in [7, 11) is 1.63. The predicted octanol–water partition coefficient (Wildman–Crippen LogP) is 3.42. The van der Waals surface area contributed by atoms with Crippen molar-refractivity contribution in [3.05, 3.63) is 82.4 Å². The number of ether oxygens (including phenoxy) is 1. The van der Waals surface area contributed by atoms with Crippen LogP contribution >= 0.6 is 11.3 Å². The highest BCUT2D eigenvalue weighted by atomic mass is 32.1. The zero-order valence-corrected chi connectivity index (χ0v) is 14.4. The predicted molar refractivity (Wildman–Crippen MR) is 98.4 cm³/mol. The summed E-state index contributed by atoms with van der Waals surface area (Å²) in [5.74, 6) is 1.44. The Balaban J connectivity index is 1.75. The molecule has 0 aliphatic heterocycles. The van der Waals surface area contributed by atoms with Gasteiger partial charge in [0.05, 0.1) is 7.11 Å². The molecule has 25 heavy (non-hydrogen) atoms. The van der Waals surface area contributed by atoms with E-state index in [2.05, 4.69) is 10.2 Å². The van der Waals surface area contributed by atoms with Crippen molar-refractivity contribution in [1.29, 1.82) is 0 Å². The van der Waals surface area contributed by atoms with Gasteiger partial charge in [-0.3, -0.25) is 4.79 Å². The molecule has 0 radical (unpaired) electrons. The monoisotopic (exact) mass is 349 g/mol. The van der Waals surface area contributed by atoms with Gasteiger partial charge in [0.2, 0.25) is 4.96 Å². The smallest absolute Gasteiger partial charge is 0.259 e. The Morgan fingerprint density at radius 1 is 1.04 bits per heavy atom. The first-order valence-corrected chi connectivity index (χ1v) is 8.63. The van der Waals surface area contributed by atoms with Gasteiger partial charge in [-0.15, -0.1) is 10.2 Å². The minimum Gasteiger partial charge on any atom is -0.497 e. The van der Waals surface area contributed by atoms with Gasteiger partial charge in [0.15, 0.2) is 0 Å². The van der Waals surface area contributed by atoms with Crippen LogP contribution in [0.1, 0.15) is 11.4 Å². The van der Waals surface area contributed by atoms with E-state index in [0.29, 0.717) is 17.2 Å². The topological polar surface area (TPSA) is 56.5 Å². The summed E-state index contributed by atoms with van der Waals surface area (Å²) < 4.78 is 6.76. The summed E-state index contributed by atoms with van der Waals surface area (Å²) in [5, 5.41) is 8.42. The van der Waals surface area contributed by atoms with Gasteiger partial charge in [0.25, 0.3) is 5.56 Å². The first-order valence-electron chi connectivity index (χ1n) is 7.81. The second-order valence-electron chi connectivity index (χ2n) is 5.57. The molecule has 0 amide bonds. The molecule has 2 aromatic heterocycles. The van der Waals surface area contributed by atoms with Crippen LogP contribution in [-0.2, 0) is 6.42 Å². The second-order valence-corrected chi connectivity index (χ2v) is 6.58. The highest BCUT2D eigenvalue weighted by Gasteiger charge is 2.12. The van der Waals surface area contributed by atoms with Crippen LogP contribution in [0.2, 0.25) is 0 Å². The minimum atomic E-state index is -0.115. The Kier molecular flexibility index (Phi) is 4.03. The first kappa shape index (κ1) is 15.5. The fraction of sp³-hybridized carbons (Fsp3) is 0.105. The van der Waals surface area contributed by atoms with Gasteiger partial charge in [-0.2, -0.15) is 0 Å². The average molecular weight is 349 g/mol. The number of nitrogens with zero attached hydrogens (tertiary/aromatic N) is 3. The number of fused-ring (bicyclic) bond motifs is 1. The Morgan fingerprint density at radius 2 is 1.80 bits per heavy atom. The van der Waals surface area contributed by atoms with Crippen LogP contribution in [0.5, 0.6) is 5.75 Å². The van der Waals surface area contributed by atoms with E-state index in [9.17, 15) is 4.79 Å². The third-order valence-corrected chi connectivity index (χ3v) is 4.98. The molecule has 0 bridgehead atoms. The summed E-state index contributed by atoms with van der Waals surface area (Å²) in [6, 6.07) is 19.2. The standard InChI is InChI=1S/C19H15N3O2S/c1-24-15-9-7-14(8-10-15)16-12-18(23)22-17(20-21-19(22)25-16)11-13-5-3-2-4-6-13/h2-10,12H,11H2,1H3. The highest BCUT2D eigenvalue weighted by molar-refractivity contribution is 7.19. The maximum atomic E-state index is 12.6. The second kappa shape index (κ2) is 6.49. The number of rotatable bonds is 4. The van der Waals surface area contributed by atoms with Crippen molar-refractivity contribution < 1.29 is 4.74 Å². The van der Waals surface area contributed by atoms with Gasteiger partial charge in [-0.1, -0.05) is 41.7 Å². The molecule has 0 unspecified atom stereocenters. The fourth-order valence-electron chi connectivity index (χ4n) is 2.68. The lowest BCUT2D eigenvalue weighted by Gasteiger charge is -2.04. The van der Waals surface area contributed by atoms with Gasteiger partial charge < -0.3 is 4.74 Å². The SMILES string of the molecule is COc1ccc(-c2cc(=O)n3c(Cc4ccccc4)nnc3s2)cc1. The molecule has 124 valence electrons. The maximum absolute atomic E-state index is 12.6. The molecule has 0 aliphatic rings. The molecule has 0 saturated heterocycles. The summed E-state index contributed by atoms with van der Waals surface area (Å²) >= 11 is 1.45. The van der Waals surface area contributed by atoms with E-state index in [1.54, 1.807) is 17.6 Å². The van der Waals surface area contributed by atoms with Crippen molar-refractivity contribution in [2.75, 3.05) is 7.11 Å². The van der Waals surface area contributed by atoms with Crippen molar-refractivity contribution in [3.63, 3.8) is 0 Å². The first-order chi connectivity index (χ1) is 12.2. The normalized spacial score (nSPS) is 10.9. The van der Waals surface area contributed by atoms with Crippen molar-refractivity contribution in [2.24, 2.45) is 0 Å². The van der Waals surface area contributed by atoms with Gasteiger partial charge in [-0.25, -0.2) is 4.40 Å². The van der Waals surface area contributed by atoms with Crippen LogP contribution in [0.25, 0.3) is 15.4 Å². The van der Waals surface area contributed by atoms with Crippen LogP contribution in [0.3, 0.4) is 0 Å². The molecule has 2 aromatic carbocycles. The number of hydrogen-bond donors (Lipinski definition) is 0. The lowest BCUT2D eigenvalue weighted by molar-refractivity contribution is 0.415. The van der Waals surface area contributed by atoms with E-state index in [1.165, 1.54) is 11.3 Å². The minimum absolute atomic E-state index is 0.115. The summed E-state index contributed by atoms with van der Waals surface area (Å²) in [4.78, 5) is 14.1. The molecule has 4 rings (SSSR count). The molecule has 0 spiro atoms. The van der Waals surface area contributed by atoms with E-state index in [4.69, 9.17) is 4.74 Å². The van der Waals surface area contributed by atoms with Crippen molar-refractivity contribution >= 4 is 16.3 Å². The third-order valence-electron chi connectivity index (χ3n) is 3.96. The molecular formula is C19H15N3O2S. The molecule has 0 aliphatic carbocycles. The molecule has 6 heteroatoms. The Hall–Kier alpha value is -2.99. The van der Waals surface area contributed by atoms with E-state index < -0.39 is 0 Å². The van der Waals surface area contributed by atoms with Gasteiger partial charge >= 0.3 is 0 Å². The lowest BCUT2D eigenvalue weighted by Crippen LogP contribution is -2.13. The van der Waals surface area contributed by atoms with Gasteiger partial charge in [0, 0.05) is 17.4 Å². The zero-order chi connectivity index (χ0) is 17.2. The van der Waals surface area contributed by atoms with Crippen molar-refractivity contribution in [3.8, 4) is 16.2 Å². The van der Waals surface area contributed by atoms with Crippen molar-refractivity contribution in [1.82, 2.24) is 14.6 Å². The molecule has 0 atom stereocenters. The Morgan fingerprint density at radius 3 is 2.52 bits per heavy atom. The molecule has 5 nitrogen and oxygen atoms in total. The number of aromatic nitrogens is 3. The van der Waals surface area contributed by atoms with E-state index in [1.807, 2.05) is 54.6 Å².